The number of anilines is 1. The van der Waals surface area contributed by atoms with Crippen LogP contribution < -0.4 is 4.90 Å². The quantitative estimate of drug-likeness (QED) is 0.788. The van der Waals surface area contributed by atoms with Crippen molar-refractivity contribution >= 4 is 16.6 Å². The molecule has 16 heavy (non-hydrogen) atoms. The molecule has 0 bridgehead atoms. The van der Waals surface area contributed by atoms with E-state index < -0.39 is 10.8 Å². The monoisotopic (exact) mass is 237 g/mol. The molecule has 5 heteroatoms. The molecule has 1 aromatic rings. The Labute approximate surface area is 98.4 Å². The molecule has 0 aliphatic rings. The Hall–Kier alpha value is -1.41. The largest absolute Gasteiger partial charge is 0.356 e. The van der Waals surface area contributed by atoms with Gasteiger partial charge in [0.1, 0.15) is 11.9 Å². The third-order valence-electron chi connectivity index (χ3n) is 2.38. The van der Waals surface area contributed by atoms with E-state index in [1.165, 1.54) is 0 Å². The Balaban J connectivity index is 2.76. The smallest absolute Gasteiger partial charge is 0.128 e. The normalized spacial score (nSPS) is 13.9. The number of hydrogen-bond donors (Lipinski definition) is 0. The molecule has 0 saturated heterocycles. The fourth-order valence-corrected chi connectivity index (χ4v) is 2.24. The zero-order chi connectivity index (χ0) is 12.1. The van der Waals surface area contributed by atoms with Gasteiger partial charge >= 0.3 is 0 Å². The molecule has 0 saturated carbocycles. The summed E-state index contributed by atoms with van der Waals surface area (Å²) in [5.74, 6) is 1.40. The molecular formula is C11H15N3OS. The van der Waals surface area contributed by atoms with Crippen molar-refractivity contribution in [3.05, 3.63) is 23.9 Å². The maximum absolute atomic E-state index is 11.1. The van der Waals surface area contributed by atoms with Crippen LogP contribution in [0.3, 0.4) is 0 Å². The van der Waals surface area contributed by atoms with Crippen LogP contribution in [0.5, 0.6) is 0 Å². The first-order valence-electron chi connectivity index (χ1n) is 4.93. The first-order valence-corrected chi connectivity index (χ1v) is 6.66. The van der Waals surface area contributed by atoms with Crippen LogP contribution >= 0.6 is 0 Å². The van der Waals surface area contributed by atoms with Crippen LogP contribution in [0.1, 0.15) is 12.5 Å². The number of nitrogens with zero attached hydrogens (tertiary/aromatic N) is 3. The maximum atomic E-state index is 11.1. The Kier molecular flexibility index (Phi) is 4.44. The van der Waals surface area contributed by atoms with Gasteiger partial charge in [0.2, 0.25) is 0 Å². The summed E-state index contributed by atoms with van der Waals surface area (Å²) in [6, 6.07) is 5.71. The molecule has 0 radical (unpaired) electrons. The third-order valence-corrected chi connectivity index (χ3v) is 3.33. The van der Waals surface area contributed by atoms with Gasteiger partial charge in [0.15, 0.2) is 0 Å². The molecule has 0 spiro atoms. The number of aromatic nitrogens is 1. The van der Waals surface area contributed by atoms with Crippen molar-refractivity contribution < 1.29 is 4.21 Å². The molecule has 0 aliphatic heterocycles. The fourth-order valence-electron chi connectivity index (χ4n) is 1.34. The fraction of sp³-hybridized carbons (Fsp3) is 0.455. The molecule has 0 aliphatic carbocycles. The summed E-state index contributed by atoms with van der Waals surface area (Å²) in [6.07, 6.45) is 3.23. The van der Waals surface area contributed by atoms with E-state index in [1.54, 1.807) is 24.6 Å². The van der Waals surface area contributed by atoms with Gasteiger partial charge in [0.25, 0.3) is 0 Å². The second-order valence-electron chi connectivity index (χ2n) is 3.72. The first kappa shape index (κ1) is 12.7. The van der Waals surface area contributed by atoms with Crippen LogP contribution in [0, 0.1) is 11.3 Å². The predicted octanol–water partition coefficient (Wildman–Crippen LogP) is 1.16. The minimum atomic E-state index is -0.818. The van der Waals surface area contributed by atoms with Gasteiger partial charge in [-0.2, -0.15) is 5.26 Å². The molecule has 0 fully saturated rings. The van der Waals surface area contributed by atoms with E-state index in [0.29, 0.717) is 11.3 Å². The Morgan fingerprint density at radius 2 is 2.31 bits per heavy atom. The van der Waals surface area contributed by atoms with Gasteiger partial charge in [-0.3, -0.25) is 4.21 Å². The van der Waals surface area contributed by atoms with Crippen molar-refractivity contribution in [2.45, 2.75) is 13.0 Å². The summed E-state index contributed by atoms with van der Waals surface area (Å²) in [5.41, 5.74) is 0.545. The molecule has 1 heterocycles. The maximum Gasteiger partial charge on any atom is 0.128 e. The Morgan fingerprint density at radius 1 is 1.62 bits per heavy atom. The van der Waals surface area contributed by atoms with E-state index in [-0.39, 0.29) is 6.04 Å². The highest BCUT2D eigenvalue weighted by Gasteiger charge is 2.12. The summed E-state index contributed by atoms with van der Waals surface area (Å²) < 4.78 is 11.1. The molecule has 2 unspecified atom stereocenters. The average molecular weight is 237 g/mol. The van der Waals surface area contributed by atoms with Crippen LogP contribution in [0.15, 0.2) is 18.3 Å². The highest BCUT2D eigenvalue weighted by Crippen LogP contribution is 2.12. The van der Waals surface area contributed by atoms with Gasteiger partial charge in [-0.1, -0.05) is 0 Å². The van der Waals surface area contributed by atoms with E-state index in [4.69, 9.17) is 5.26 Å². The van der Waals surface area contributed by atoms with Crippen molar-refractivity contribution in [2.24, 2.45) is 0 Å². The Bertz CT molecular complexity index is 410. The van der Waals surface area contributed by atoms with Gasteiger partial charge < -0.3 is 4.90 Å². The molecule has 0 N–H and O–H groups in total. The summed E-state index contributed by atoms with van der Waals surface area (Å²) in [5, 5.41) is 8.65. The lowest BCUT2D eigenvalue weighted by Gasteiger charge is -2.25. The van der Waals surface area contributed by atoms with Crippen LogP contribution in [0.25, 0.3) is 0 Å². The van der Waals surface area contributed by atoms with Crippen LogP contribution in [0.4, 0.5) is 5.82 Å². The molecule has 4 nitrogen and oxygen atoms in total. The lowest BCUT2D eigenvalue weighted by atomic mass is 10.3. The zero-order valence-corrected chi connectivity index (χ0v) is 10.5. The molecule has 1 rings (SSSR count). The topological polar surface area (TPSA) is 57.0 Å². The number of nitriles is 1. The van der Waals surface area contributed by atoms with Crippen molar-refractivity contribution in [1.82, 2.24) is 4.98 Å². The molecule has 2 atom stereocenters. The number of pyridine rings is 1. The van der Waals surface area contributed by atoms with Crippen LogP contribution in [-0.2, 0) is 10.8 Å². The van der Waals surface area contributed by atoms with Gasteiger partial charge in [-0.25, -0.2) is 4.98 Å². The summed E-state index contributed by atoms with van der Waals surface area (Å²) >= 11 is 0. The van der Waals surface area contributed by atoms with Crippen LogP contribution in [0.2, 0.25) is 0 Å². The molecule has 0 aromatic carbocycles. The molecule has 1 aromatic heterocycles. The van der Waals surface area contributed by atoms with Crippen molar-refractivity contribution in [1.29, 1.82) is 5.26 Å². The summed E-state index contributed by atoms with van der Waals surface area (Å²) in [6.45, 7) is 2.00. The SMILES string of the molecule is CC(CS(C)=O)N(C)c1ccc(C#N)cn1. The van der Waals surface area contributed by atoms with Gasteiger partial charge in [0.05, 0.1) is 5.56 Å². The highest BCUT2D eigenvalue weighted by atomic mass is 32.2. The average Bonchev–Trinajstić information content (AvgIpc) is 2.27. The minimum Gasteiger partial charge on any atom is -0.356 e. The zero-order valence-electron chi connectivity index (χ0n) is 9.67. The van der Waals surface area contributed by atoms with Crippen molar-refractivity contribution in [3.63, 3.8) is 0 Å². The number of rotatable bonds is 4. The first-order chi connectivity index (χ1) is 7.54. The van der Waals surface area contributed by atoms with E-state index in [9.17, 15) is 4.21 Å². The van der Waals surface area contributed by atoms with Crippen molar-refractivity contribution in [3.8, 4) is 6.07 Å². The summed E-state index contributed by atoms with van der Waals surface area (Å²) in [4.78, 5) is 6.14. The van der Waals surface area contributed by atoms with Crippen LogP contribution in [-0.4, -0.2) is 34.3 Å². The minimum absolute atomic E-state index is 0.159. The predicted molar refractivity (Wildman–Crippen MR) is 65.8 cm³/mol. The van der Waals surface area contributed by atoms with Gasteiger partial charge in [-0.15, -0.1) is 0 Å². The highest BCUT2D eigenvalue weighted by molar-refractivity contribution is 7.84. The standard InChI is InChI=1S/C11H15N3OS/c1-9(8-16(3)15)14(2)11-5-4-10(6-12)7-13-11/h4-5,7,9H,8H2,1-3H3. The molecule has 0 amide bonds. The molecule has 86 valence electrons. The third kappa shape index (κ3) is 3.31. The van der Waals surface area contributed by atoms with E-state index in [0.717, 1.165) is 5.82 Å². The second kappa shape index (κ2) is 5.61. The lowest BCUT2D eigenvalue weighted by Crippen LogP contribution is -2.33. The van der Waals surface area contributed by atoms with E-state index in [2.05, 4.69) is 4.98 Å². The van der Waals surface area contributed by atoms with E-state index in [1.807, 2.05) is 24.9 Å². The van der Waals surface area contributed by atoms with Gasteiger partial charge in [-0.05, 0) is 19.1 Å². The molecular weight excluding hydrogens is 222 g/mol. The number of hydrogen-bond acceptors (Lipinski definition) is 4. The van der Waals surface area contributed by atoms with Gasteiger partial charge in [0, 0.05) is 42.1 Å². The van der Waals surface area contributed by atoms with E-state index >= 15 is 0 Å². The Morgan fingerprint density at radius 3 is 2.75 bits per heavy atom. The second-order valence-corrected chi connectivity index (χ2v) is 5.20. The lowest BCUT2D eigenvalue weighted by molar-refractivity contribution is 0.674. The summed E-state index contributed by atoms with van der Waals surface area (Å²) in [7, 11) is 1.09. The van der Waals surface area contributed by atoms with Crippen molar-refractivity contribution in [2.75, 3.05) is 24.0 Å².